The number of amides is 2. The summed E-state index contributed by atoms with van der Waals surface area (Å²) in [5.41, 5.74) is 2.00. The number of imide groups is 1. The minimum absolute atomic E-state index is 0.0806. The molecule has 7 heteroatoms. The third kappa shape index (κ3) is 3.24. The summed E-state index contributed by atoms with van der Waals surface area (Å²) in [5, 5.41) is -0.0802. The number of aromatic nitrogens is 2. The molecule has 1 aliphatic rings. The highest BCUT2D eigenvalue weighted by molar-refractivity contribution is 8.00. The first-order chi connectivity index (χ1) is 10.9. The second-order valence-corrected chi connectivity index (χ2v) is 6.46. The Kier molecular flexibility index (Phi) is 4.12. The fraction of sp³-hybridized carbons (Fsp3) is 0.250. The molecule has 1 saturated heterocycles. The number of rotatable bonds is 3. The second kappa shape index (κ2) is 6.08. The van der Waals surface area contributed by atoms with Crippen molar-refractivity contribution in [1.29, 1.82) is 0 Å². The molecule has 2 aromatic rings. The predicted octanol–water partition coefficient (Wildman–Crippen LogP) is 2.66. The van der Waals surface area contributed by atoms with Gasteiger partial charge in [-0.1, -0.05) is 11.8 Å². The molecule has 0 radical (unpaired) electrons. The van der Waals surface area contributed by atoms with Crippen molar-refractivity contribution in [2.45, 2.75) is 30.7 Å². The number of carbonyl (C=O) groups is 2. The van der Waals surface area contributed by atoms with Gasteiger partial charge in [0.25, 0.3) is 0 Å². The smallest absolute Gasteiger partial charge is 0.247 e. The summed E-state index contributed by atoms with van der Waals surface area (Å²) in [6.07, 6.45) is 0.0806. The first-order valence-electron chi connectivity index (χ1n) is 7.05. The molecule has 1 fully saturated rings. The average molecular weight is 331 g/mol. The van der Waals surface area contributed by atoms with Gasteiger partial charge in [-0.2, -0.15) is 0 Å². The zero-order valence-electron chi connectivity index (χ0n) is 12.6. The van der Waals surface area contributed by atoms with Gasteiger partial charge in [-0.3, -0.25) is 9.59 Å². The number of anilines is 1. The fourth-order valence-corrected chi connectivity index (χ4v) is 3.51. The number of aryl methyl sites for hydroxylation is 2. The summed E-state index contributed by atoms with van der Waals surface area (Å²) in [6, 6.07) is 7.14. The van der Waals surface area contributed by atoms with Crippen molar-refractivity contribution >= 4 is 29.3 Å². The molecule has 0 N–H and O–H groups in total. The maximum Gasteiger partial charge on any atom is 0.247 e. The molecule has 5 nitrogen and oxygen atoms in total. The minimum Gasteiger partial charge on any atom is -0.274 e. The number of halogens is 1. The third-order valence-electron chi connectivity index (χ3n) is 3.40. The second-order valence-electron chi connectivity index (χ2n) is 5.29. The van der Waals surface area contributed by atoms with E-state index in [9.17, 15) is 14.0 Å². The molecule has 1 unspecified atom stereocenters. The lowest BCUT2D eigenvalue weighted by Crippen LogP contribution is -2.31. The van der Waals surface area contributed by atoms with Crippen LogP contribution in [0.15, 0.2) is 35.5 Å². The van der Waals surface area contributed by atoms with Crippen LogP contribution < -0.4 is 4.90 Å². The van der Waals surface area contributed by atoms with Crippen LogP contribution in [0.3, 0.4) is 0 Å². The van der Waals surface area contributed by atoms with Crippen LogP contribution >= 0.6 is 11.8 Å². The van der Waals surface area contributed by atoms with Gasteiger partial charge in [0, 0.05) is 17.8 Å². The Morgan fingerprint density at radius 2 is 1.74 bits per heavy atom. The Morgan fingerprint density at radius 1 is 1.13 bits per heavy atom. The molecule has 1 aliphatic heterocycles. The van der Waals surface area contributed by atoms with Gasteiger partial charge in [0.15, 0.2) is 5.16 Å². The molecule has 23 heavy (non-hydrogen) atoms. The maximum absolute atomic E-state index is 13.0. The number of hydrogen-bond acceptors (Lipinski definition) is 5. The van der Waals surface area contributed by atoms with Crippen LogP contribution in [-0.4, -0.2) is 27.0 Å². The summed E-state index contributed by atoms with van der Waals surface area (Å²) >= 11 is 1.18. The Bertz CT molecular complexity index is 759. The van der Waals surface area contributed by atoms with E-state index in [1.54, 1.807) is 0 Å². The number of nitrogens with zero attached hydrogens (tertiary/aromatic N) is 3. The van der Waals surface area contributed by atoms with E-state index in [1.807, 2.05) is 19.9 Å². The van der Waals surface area contributed by atoms with Crippen molar-refractivity contribution in [3.05, 3.63) is 47.5 Å². The molecular weight excluding hydrogens is 317 g/mol. The highest BCUT2D eigenvalue weighted by Crippen LogP contribution is 2.32. The van der Waals surface area contributed by atoms with Crippen LogP contribution in [0.1, 0.15) is 17.8 Å². The van der Waals surface area contributed by atoms with Crippen molar-refractivity contribution in [2.75, 3.05) is 4.90 Å². The van der Waals surface area contributed by atoms with Crippen molar-refractivity contribution in [2.24, 2.45) is 0 Å². The van der Waals surface area contributed by atoms with Gasteiger partial charge in [0.1, 0.15) is 11.1 Å². The molecule has 0 saturated carbocycles. The van der Waals surface area contributed by atoms with Crippen LogP contribution in [0.25, 0.3) is 0 Å². The average Bonchev–Trinajstić information content (AvgIpc) is 2.74. The van der Waals surface area contributed by atoms with E-state index in [2.05, 4.69) is 9.97 Å². The van der Waals surface area contributed by atoms with E-state index in [0.717, 1.165) is 16.3 Å². The molecule has 0 aliphatic carbocycles. The lowest BCUT2D eigenvalue weighted by atomic mass is 10.3. The number of carbonyl (C=O) groups excluding carboxylic acids is 2. The zero-order chi connectivity index (χ0) is 16.6. The van der Waals surface area contributed by atoms with E-state index < -0.39 is 11.1 Å². The summed E-state index contributed by atoms with van der Waals surface area (Å²) in [4.78, 5) is 34.3. The Morgan fingerprint density at radius 3 is 2.35 bits per heavy atom. The van der Waals surface area contributed by atoms with Crippen LogP contribution in [-0.2, 0) is 9.59 Å². The van der Waals surface area contributed by atoms with Gasteiger partial charge >= 0.3 is 0 Å². The normalized spacial score (nSPS) is 17.9. The van der Waals surface area contributed by atoms with Crippen molar-refractivity contribution in [1.82, 2.24) is 9.97 Å². The zero-order valence-corrected chi connectivity index (χ0v) is 13.4. The van der Waals surface area contributed by atoms with Gasteiger partial charge in [-0.05, 0) is 44.2 Å². The van der Waals surface area contributed by atoms with Gasteiger partial charge in [-0.25, -0.2) is 19.3 Å². The lowest BCUT2D eigenvalue weighted by Gasteiger charge is -2.14. The van der Waals surface area contributed by atoms with Crippen molar-refractivity contribution < 1.29 is 14.0 Å². The van der Waals surface area contributed by atoms with Crippen LogP contribution in [0.4, 0.5) is 10.1 Å². The number of hydrogen-bond donors (Lipinski definition) is 0. The van der Waals surface area contributed by atoms with Gasteiger partial charge in [0.2, 0.25) is 11.8 Å². The van der Waals surface area contributed by atoms with Gasteiger partial charge in [0.05, 0.1) is 5.69 Å². The third-order valence-corrected chi connectivity index (χ3v) is 4.45. The highest BCUT2D eigenvalue weighted by Gasteiger charge is 2.40. The molecule has 2 heterocycles. The molecule has 1 aromatic carbocycles. The van der Waals surface area contributed by atoms with E-state index >= 15 is 0 Å². The standard InChI is InChI=1S/C16H14FN3O2S/c1-9-7-10(2)19-16(18-9)23-13-8-14(21)20(15(13)22)12-5-3-11(17)4-6-12/h3-7,13H,8H2,1-2H3. The van der Waals surface area contributed by atoms with Crippen molar-refractivity contribution in [3.63, 3.8) is 0 Å². The molecule has 2 amide bonds. The maximum atomic E-state index is 13.0. The number of thioether (sulfide) groups is 1. The monoisotopic (exact) mass is 331 g/mol. The van der Waals surface area contributed by atoms with Gasteiger partial charge < -0.3 is 0 Å². The number of benzene rings is 1. The molecule has 0 bridgehead atoms. The molecular formula is C16H14FN3O2S. The first kappa shape index (κ1) is 15.6. The topological polar surface area (TPSA) is 63.2 Å². The van der Waals surface area contributed by atoms with E-state index in [0.29, 0.717) is 10.8 Å². The largest absolute Gasteiger partial charge is 0.274 e. The molecule has 1 aromatic heterocycles. The quantitative estimate of drug-likeness (QED) is 0.639. The van der Waals surface area contributed by atoms with Crippen molar-refractivity contribution in [3.8, 4) is 0 Å². The molecule has 118 valence electrons. The summed E-state index contributed by atoms with van der Waals surface area (Å²) in [7, 11) is 0. The lowest BCUT2D eigenvalue weighted by molar-refractivity contribution is -0.121. The Balaban J connectivity index is 1.82. The molecule has 3 rings (SSSR count). The van der Waals surface area contributed by atoms with E-state index in [-0.39, 0.29) is 18.2 Å². The molecule has 1 atom stereocenters. The van der Waals surface area contributed by atoms with E-state index in [1.165, 1.54) is 36.0 Å². The van der Waals surface area contributed by atoms with Gasteiger partial charge in [-0.15, -0.1) is 0 Å². The van der Waals surface area contributed by atoms with Crippen LogP contribution in [0.5, 0.6) is 0 Å². The SMILES string of the molecule is Cc1cc(C)nc(SC2CC(=O)N(c3ccc(F)cc3)C2=O)n1. The summed E-state index contributed by atoms with van der Waals surface area (Å²) < 4.78 is 13.0. The Hall–Kier alpha value is -2.28. The summed E-state index contributed by atoms with van der Waals surface area (Å²) in [6.45, 7) is 3.70. The van der Waals surface area contributed by atoms with Crippen LogP contribution in [0, 0.1) is 19.7 Å². The minimum atomic E-state index is -0.561. The summed E-state index contributed by atoms with van der Waals surface area (Å²) in [5.74, 6) is -1.04. The highest BCUT2D eigenvalue weighted by atomic mass is 32.2. The van der Waals surface area contributed by atoms with E-state index in [4.69, 9.17) is 0 Å². The predicted molar refractivity (Wildman–Crippen MR) is 84.7 cm³/mol. The fourth-order valence-electron chi connectivity index (χ4n) is 2.43. The Labute approximate surface area is 136 Å². The van der Waals surface area contributed by atoms with Crippen LogP contribution in [0.2, 0.25) is 0 Å². The molecule has 0 spiro atoms. The first-order valence-corrected chi connectivity index (χ1v) is 7.93.